The molecule has 1 amide bonds. The molecule has 2 heterocycles. The highest BCUT2D eigenvalue weighted by Crippen LogP contribution is 2.02. The normalized spacial score (nSPS) is 16.3. The van der Waals surface area contributed by atoms with E-state index in [4.69, 9.17) is 4.74 Å². The molecule has 6 nitrogen and oxygen atoms in total. The number of amides is 1. The van der Waals surface area contributed by atoms with Gasteiger partial charge in [-0.1, -0.05) is 0 Å². The van der Waals surface area contributed by atoms with Crippen LogP contribution in [0.5, 0.6) is 0 Å². The molecule has 0 spiro atoms. The van der Waals surface area contributed by atoms with Gasteiger partial charge in [0.2, 0.25) is 5.91 Å². The van der Waals surface area contributed by atoms with Crippen LogP contribution in [0, 0.1) is 0 Å². The van der Waals surface area contributed by atoms with Crippen LogP contribution in [-0.2, 0) is 23.0 Å². The summed E-state index contributed by atoms with van der Waals surface area (Å²) >= 11 is 0. The summed E-state index contributed by atoms with van der Waals surface area (Å²) in [6, 6.07) is 0. The molecule has 20 heavy (non-hydrogen) atoms. The monoisotopic (exact) mass is 280 g/mol. The van der Waals surface area contributed by atoms with Crippen LogP contribution in [0.4, 0.5) is 0 Å². The third-order valence-electron chi connectivity index (χ3n) is 3.70. The molecule has 0 radical (unpaired) electrons. The number of ether oxygens (including phenoxy) is 1. The zero-order valence-corrected chi connectivity index (χ0v) is 12.4. The lowest BCUT2D eigenvalue weighted by Crippen LogP contribution is -2.43. The SMILES string of the molecule is CN(CCCc1nccn1C)C(=O)CN1CCOCC1. The third kappa shape index (κ3) is 4.31. The summed E-state index contributed by atoms with van der Waals surface area (Å²) in [4.78, 5) is 20.4. The lowest BCUT2D eigenvalue weighted by Gasteiger charge is -2.28. The number of imidazole rings is 1. The highest BCUT2D eigenvalue weighted by atomic mass is 16.5. The van der Waals surface area contributed by atoms with Crippen molar-refractivity contribution in [2.75, 3.05) is 46.4 Å². The second kappa shape index (κ2) is 7.40. The number of aryl methyl sites for hydroxylation is 2. The Labute approximate surface area is 120 Å². The summed E-state index contributed by atoms with van der Waals surface area (Å²) in [6.45, 7) is 4.45. The van der Waals surface area contributed by atoms with Crippen molar-refractivity contribution in [1.82, 2.24) is 19.4 Å². The van der Waals surface area contributed by atoms with Crippen LogP contribution in [0.1, 0.15) is 12.2 Å². The molecule has 1 aliphatic heterocycles. The van der Waals surface area contributed by atoms with Crippen LogP contribution in [0.2, 0.25) is 0 Å². The Hall–Kier alpha value is -1.40. The van der Waals surface area contributed by atoms with E-state index < -0.39 is 0 Å². The van der Waals surface area contributed by atoms with Crippen LogP contribution in [0.15, 0.2) is 12.4 Å². The largest absolute Gasteiger partial charge is 0.379 e. The van der Waals surface area contributed by atoms with E-state index >= 15 is 0 Å². The average molecular weight is 280 g/mol. The van der Waals surface area contributed by atoms with Crippen LogP contribution in [-0.4, -0.2) is 71.7 Å². The fraction of sp³-hybridized carbons (Fsp3) is 0.714. The molecule has 1 aromatic rings. The molecule has 0 unspecified atom stereocenters. The predicted molar refractivity (Wildman–Crippen MR) is 76.4 cm³/mol. The highest BCUT2D eigenvalue weighted by molar-refractivity contribution is 5.77. The molecule has 0 atom stereocenters. The van der Waals surface area contributed by atoms with Crippen LogP contribution >= 0.6 is 0 Å². The first-order valence-corrected chi connectivity index (χ1v) is 7.17. The Morgan fingerprint density at radius 3 is 2.85 bits per heavy atom. The average Bonchev–Trinajstić information content (AvgIpc) is 2.85. The number of rotatable bonds is 6. The van der Waals surface area contributed by atoms with Gasteiger partial charge in [-0.05, 0) is 6.42 Å². The number of hydrogen-bond acceptors (Lipinski definition) is 4. The summed E-state index contributed by atoms with van der Waals surface area (Å²) in [5, 5.41) is 0. The zero-order valence-electron chi connectivity index (χ0n) is 12.4. The lowest BCUT2D eigenvalue weighted by molar-refractivity contribution is -0.132. The molecule has 0 saturated carbocycles. The van der Waals surface area contributed by atoms with Crippen molar-refractivity contribution in [2.24, 2.45) is 7.05 Å². The predicted octanol–water partition coefficient (Wildman–Crippen LogP) is 0.143. The first-order chi connectivity index (χ1) is 9.66. The Kier molecular flexibility index (Phi) is 5.55. The Morgan fingerprint density at radius 1 is 1.45 bits per heavy atom. The molecular weight excluding hydrogens is 256 g/mol. The molecule has 1 aromatic heterocycles. The fourth-order valence-electron chi connectivity index (χ4n) is 2.31. The van der Waals surface area contributed by atoms with Gasteiger partial charge in [0.15, 0.2) is 0 Å². The molecule has 0 aromatic carbocycles. The molecule has 112 valence electrons. The molecule has 1 aliphatic rings. The Morgan fingerprint density at radius 2 is 2.20 bits per heavy atom. The van der Waals surface area contributed by atoms with Gasteiger partial charge >= 0.3 is 0 Å². The number of morpholine rings is 1. The van der Waals surface area contributed by atoms with Gasteiger partial charge in [-0.2, -0.15) is 0 Å². The van der Waals surface area contributed by atoms with E-state index in [1.807, 2.05) is 36.0 Å². The van der Waals surface area contributed by atoms with E-state index in [0.29, 0.717) is 6.54 Å². The molecule has 1 fully saturated rings. The maximum Gasteiger partial charge on any atom is 0.236 e. The van der Waals surface area contributed by atoms with Crippen LogP contribution < -0.4 is 0 Å². The van der Waals surface area contributed by atoms with Crippen LogP contribution in [0.3, 0.4) is 0 Å². The van der Waals surface area contributed by atoms with Gasteiger partial charge in [-0.15, -0.1) is 0 Å². The smallest absolute Gasteiger partial charge is 0.236 e. The van der Waals surface area contributed by atoms with Crippen molar-refractivity contribution in [3.8, 4) is 0 Å². The van der Waals surface area contributed by atoms with Gasteiger partial charge in [-0.25, -0.2) is 4.98 Å². The minimum absolute atomic E-state index is 0.187. The molecule has 1 saturated heterocycles. The second-order valence-corrected chi connectivity index (χ2v) is 5.26. The molecule has 2 rings (SSSR count). The van der Waals surface area contributed by atoms with E-state index in [9.17, 15) is 4.79 Å². The number of likely N-dealkylation sites (N-methyl/N-ethyl adjacent to an activating group) is 1. The minimum Gasteiger partial charge on any atom is -0.379 e. The van der Waals surface area contributed by atoms with E-state index in [1.165, 1.54) is 0 Å². The summed E-state index contributed by atoms with van der Waals surface area (Å²) in [5.41, 5.74) is 0. The first-order valence-electron chi connectivity index (χ1n) is 7.17. The summed E-state index contributed by atoms with van der Waals surface area (Å²) in [7, 11) is 3.87. The van der Waals surface area contributed by atoms with Crippen molar-refractivity contribution < 1.29 is 9.53 Å². The Balaban J connectivity index is 1.67. The number of aromatic nitrogens is 2. The topological polar surface area (TPSA) is 50.6 Å². The molecule has 0 N–H and O–H groups in total. The van der Waals surface area contributed by atoms with Crippen molar-refractivity contribution in [1.29, 1.82) is 0 Å². The molecule has 6 heteroatoms. The summed E-state index contributed by atoms with van der Waals surface area (Å²) in [6.07, 6.45) is 5.60. The Bertz CT molecular complexity index is 427. The van der Waals surface area contributed by atoms with Gasteiger partial charge in [0.05, 0.1) is 19.8 Å². The lowest BCUT2D eigenvalue weighted by atomic mass is 10.2. The molecule has 0 aliphatic carbocycles. The highest BCUT2D eigenvalue weighted by Gasteiger charge is 2.16. The van der Waals surface area contributed by atoms with Crippen molar-refractivity contribution in [3.05, 3.63) is 18.2 Å². The first kappa shape index (κ1) is 15.0. The number of nitrogens with zero attached hydrogens (tertiary/aromatic N) is 4. The van der Waals surface area contributed by atoms with E-state index in [0.717, 1.165) is 51.5 Å². The third-order valence-corrected chi connectivity index (χ3v) is 3.70. The van der Waals surface area contributed by atoms with Gasteiger partial charge < -0.3 is 14.2 Å². The number of hydrogen-bond donors (Lipinski definition) is 0. The summed E-state index contributed by atoms with van der Waals surface area (Å²) in [5.74, 6) is 1.26. The maximum absolute atomic E-state index is 12.1. The van der Waals surface area contributed by atoms with Gasteiger partial charge in [0, 0.05) is 52.5 Å². The standard InChI is InChI=1S/C14H24N4O2/c1-16-7-5-15-13(16)4-3-6-17(2)14(19)12-18-8-10-20-11-9-18/h5,7H,3-4,6,8-12H2,1-2H3. The van der Waals surface area contributed by atoms with Crippen molar-refractivity contribution in [3.63, 3.8) is 0 Å². The minimum atomic E-state index is 0.187. The molecular formula is C14H24N4O2. The van der Waals surface area contributed by atoms with Gasteiger partial charge in [-0.3, -0.25) is 9.69 Å². The van der Waals surface area contributed by atoms with Crippen molar-refractivity contribution in [2.45, 2.75) is 12.8 Å². The fourth-order valence-corrected chi connectivity index (χ4v) is 2.31. The van der Waals surface area contributed by atoms with Crippen molar-refractivity contribution >= 4 is 5.91 Å². The van der Waals surface area contributed by atoms with E-state index in [1.54, 1.807) is 0 Å². The summed E-state index contributed by atoms with van der Waals surface area (Å²) < 4.78 is 7.31. The number of carbonyl (C=O) groups is 1. The quantitative estimate of drug-likeness (QED) is 0.744. The number of carbonyl (C=O) groups excluding carboxylic acids is 1. The van der Waals surface area contributed by atoms with E-state index in [2.05, 4.69) is 9.88 Å². The maximum atomic E-state index is 12.1. The second-order valence-electron chi connectivity index (χ2n) is 5.26. The van der Waals surface area contributed by atoms with E-state index in [-0.39, 0.29) is 5.91 Å². The zero-order chi connectivity index (χ0) is 14.4. The van der Waals surface area contributed by atoms with Gasteiger partial charge in [0.25, 0.3) is 0 Å². The molecule has 0 bridgehead atoms. The van der Waals surface area contributed by atoms with Crippen LogP contribution in [0.25, 0.3) is 0 Å². The van der Waals surface area contributed by atoms with Gasteiger partial charge in [0.1, 0.15) is 5.82 Å².